The molecule has 3 heterocycles. The summed E-state index contributed by atoms with van der Waals surface area (Å²) < 4.78 is 44.1. The molecule has 1 saturated heterocycles. The van der Waals surface area contributed by atoms with Crippen LogP contribution in [0.15, 0.2) is 9.21 Å². The second kappa shape index (κ2) is 6.75. The summed E-state index contributed by atoms with van der Waals surface area (Å²) in [6.07, 6.45) is -3.81. The van der Waals surface area contributed by atoms with Gasteiger partial charge in [0, 0.05) is 6.54 Å². The van der Waals surface area contributed by atoms with Crippen LogP contribution in [0.25, 0.3) is 10.8 Å². The van der Waals surface area contributed by atoms with E-state index in [1.54, 1.807) is 13.8 Å². The number of anilines is 1. The van der Waals surface area contributed by atoms with E-state index in [0.717, 1.165) is 0 Å². The lowest BCUT2D eigenvalue weighted by Crippen LogP contribution is -2.44. The van der Waals surface area contributed by atoms with E-state index < -0.39 is 23.6 Å². The molecule has 1 atom stereocenters. The van der Waals surface area contributed by atoms with Gasteiger partial charge in [-0.1, -0.05) is 0 Å². The molecule has 3 rings (SSSR count). The Kier molecular flexibility index (Phi) is 4.78. The standard InChI is InChI=1S/C16H19F3N4O3/c1-8-12-9(2)26-15(13(12)14(25)22-21-8)20-11(24)7-23-5-3-4-10(6-23)16(17,18)19/h10H,3-7H2,1-2H3,(H,20,24)(H,22,25)/t10-/m1/s1. The highest BCUT2D eigenvalue weighted by atomic mass is 19.4. The van der Waals surface area contributed by atoms with Gasteiger partial charge in [-0.3, -0.25) is 19.8 Å². The summed E-state index contributed by atoms with van der Waals surface area (Å²) in [5.41, 5.74) is 0.0401. The van der Waals surface area contributed by atoms with Gasteiger partial charge in [-0.2, -0.15) is 18.3 Å². The van der Waals surface area contributed by atoms with Gasteiger partial charge in [-0.15, -0.1) is 0 Å². The quantitative estimate of drug-likeness (QED) is 0.863. The van der Waals surface area contributed by atoms with Crippen molar-refractivity contribution in [2.24, 2.45) is 5.92 Å². The molecule has 0 saturated carbocycles. The zero-order valence-electron chi connectivity index (χ0n) is 14.4. The van der Waals surface area contributed by atoms with E-state index in [-0.39, 0.29) is 30.8 Å². The van der Waals surface area contributed by atoms with Crippen LogP contribution in [-0.4, -0.2) is 46.8 Å². The first-order chi connectivity index (χ1) is 12.2. The summed E-state index contributed by atoms with van der Waals surface area (Å²) in [7, 11) is 0. The number of amides is 1. The number of H-pyrrole nitrogens is 1. The van der Waals surface area contributed by atoms with Crippen molar-refractivity contribution >= 4 is 22.6 Å². The molecule has 0 unspecified atom stereocenters. The second-order valence-corrected chi connectivity index (χ2v) is 6.54. The average molecular weight is 372 g/mol. The van der Waals surface area contributed by atoms with Crippen molar-refractivity contribution in [2.75, 3.05) is 25.0 Å². The molecule has 2 aromatic heterocycles. The van der Waals surface area contributed by atoms with Crippen LogP contribution in [0.3, 0.4) is 0 Å². The molecule has 1 amide bonds. The molecule has 0 spiro atoms. The summed E-state index contributed by atoms with van der Waals surface area (Å²) in [6, 6.07) is 0. The summed E-state index contributed by atoms with van der Waals surface area (Å²) in [5.74, 6) is -1.54. The van der Waals surface area contributed by atoms with Crippen molar-refractivity contribution in [3.05, 3.63) is 21.8 Å². The molecule has 0 aromatic carbocycles. The third-order valence-electron chi connectivity index (χ3n) is 4.59. The SMILES string of the molecule is Cc1n[nH]c(=O)c2c(NC(=O)CN3CCC[C@@H](C(F)(F)F)C3)oc(C)c12. The number of nitrogens with zero attached hydrogens (tertiary/aromatic N) is 2. The molecule has 0 bridgehead atoms. The summed E-state index contributed by atoms with van der Waals surface area (Å²) in [5, 5.41) is 9.37. The number of alkyl halides is 3. The topological polar surface area (TPSA) is 91.2 Å². The van der Waals surface area contributed by atoms with Gasteiger partial charge in [0.1, 0.15) is 11.1 Å². The Bertz CT molecular complexity index is 887. The molecule has 0 radical (unpaired) electrons. The van der Waals surface area contributed by atoms with E-state index in [0.29, 0.717) is 29.8 Å². The monoisotopic (exact) mass is 372 g/mol. The molecule has 0 aliphatic carbocycles. The number of carbonyl (C=O) groups is 1. The van der Waals surface area contributed by atoms with Gasteiger partial charge < -0.3 is 4.42 Å². The predicted molar refractivity (Wildman–Crippen MR) is 88.0 cm³/mol. The van der Waals surface area contributed by atoms with Crippen LogP contribution < -0.4 is 10.9 Å². The van der Waals surface area contributed by atoms with Gasteiger partial charge in [0.15, 0.2) is 0 Å². The van der Waals surface area contributed by atoms with Crippen LogP contribution in [0.1, 0.15) is 24.3 Å². The smallest absolute Gasteiger partial charge is 0.393 e. The number of likely N-dealkylation sites (tertiary alicyclic amines) is 1. The Hall–Kier alpha value is -2.36. The molecule has 1 fully saturated rings. The van der Waals surface area contributed by atoms with Crippen LogP contribution >= 0.6 is 0 Å². The number of fused-ring (bicyclic) bond motifs is 1. The van der Waals surface area contributed by atoms with Crippen LogP contribution in [0.5, 0.6) is 0 Å². The predicted octanol–water partition coefficient (Wildman–Crippen LogP) is 2.35. The number of aryl methyl sites for hydroxylation is 2. The highest BCUT2D eigenvalue weighted by molar-refractivity contribution is 6.01. The maximum atomic E-state index is 12.9. The third-order valence-corrected chi connectivity index (χ3v) is 4.59. The van der Waals surface area contributed by atoms with E-state index >= 15 is 0 Å². The van der Waals surface area contributed by atoms with Gasteiger partial charge in [0.05, 0.1) is 23.5 Å². The summed E-state index contributed by atoms with van der Waals surface area (Å²) in [6.45, 7) is 3.35. The lowest BCUT2D eigenvalue weighted by Gasteiger charge is -2.33. The molecule has 7 nitrogen and oxygen atoms in total. The highest BCUT2D eigenvalue weighted by Gasteiger charge is 2.41. The molecule has 2 aromatic rings. The number of rotatable bonds is 3. The van der Waals surface area contributed by atoms with Crippen LogP contribution in [-0.2, 0) is 4.79 Å². The highest BCUT2D eigenvalue weighted by Crippen LogP contribution is 2.33. The fourth-order valence-electron chi connectivity index (χ4n) is 3.37. The number of hydrogen-bond donors (Lipinski definition) is 2. The van der Waals surface area contributed by atoms with E-state index in [2.05, 4.69) is 15.5 Å². The van der Waals surface area contributed by atoms with E-state index in [4.69, 9.17) is 4.42 Å². The molecule has 1 aliphatic heterocycles. The number of carbonyl (C=O) groups excluding carboxylic acids is 1. The van der Waals surface area contributed by atoms with Crippen molar-refractivity contribution in [1.82, 2.24) is 15.1 Å². The lowest BCUT2D eigenvalue weighted by atomic mass is 9.97. The molecule has 1 aliphatic rings. The first-order valence-corrected chi connectivity index (χ1v) is 8.24. The number of aromatic amines is 1. The first kappa shape index (κ1) is 18.4. The Morgan fingerprint density at radius 1 is 1.38 bits per heavy atom. The third kappa shape index (κ3) is 3.59. The number of piperidine rings is 1. The molecule has 26 heavy (non-hydrogen) atoms. The number of furan rings is 1. The minimum Gasteiger partial charge on any atom is -0.444 e. The van der Waals surface area contributed by atoms with Gasteiger partial charge in [-0.05, 0) is 33.2 Å². The fraction of sp³-hybridized carbons (Fsp3) is 0.562. The molecule has 142 valence electrons. The van der Waals surface area contributed by atoms with E-state index in [1.807, 2.05) is 0 Å². The Labute approximate surface area is 146 Å². The number of aromatic nitrogens is 2. The first-order valence-electron chi connectivity index (χ1n) is 8.24. The molecular formula is C16H19F3N4O3. The van der Waals surface area contributed by atoms with Crippen LogP contribution in [0.4, 0.5) is 19.1 Å². The number of nitrogens with one attached hydrogen (secondary N) is 2. The van der Waals surface area contributed by atoms with Crippen molar-refractivity contribution in [3.8, 4) is 0 Å². The second-order valence-electron chi connectivity index (χ2n) is 6.54. The number of hydrogen-bond acceptors (Lipinski definition) is 5. The Balaban J connectivity index is 1.74. The van der Waals surface area contributed by atoms with Gasteiger partial charge >= 0.3 is 6.18 Å². The van der Waals surface area contributed by atoms with Crippen molar-refractivity contribution < 1.29 is 22.4 Å². The van der Waals surface area contributed by atoms with Gasteiger partial charge in [0.25, 0.3) is 5.56 Å². The molecular weight excluding hydrogens is 353 g/mol. The molecule has 10 heteroatoms. The normalized spacial score (nSPS) is 19.0. The zero-order valence-corrected chi connectivity index (χ0v) is 14.4. The van der Waals surface area contributed by atoms with Crippen molar-refractivity contribution in [3.63, 3.8) is 0 Å². The fourth-order valence-corrected chi connectivity index (χ4v) is 3.37. The maximum Gasteiger partial charge on any atom is 0.393 e. The van der Waals surface area contributed by atoms with Gasteiger partial charge in [-0.25, -0.2) is 5.10 Å². The van der Waals surface area contributed by atoms with Crippen LogP contribution in [0.2, 0.25) is 0 Å². The lowest BCUT2D eigenvalue weighted by molar-refractivity contribution is -0.186. The summed E-state index contributed by atoms with van der Waals surface area (Å²) in [4.78, 5) is 25.8. The Morgan fingerprint density at radius 2 is 2.12 bits per heavy atom. The summed E-state index contributed by atoms with van der Waals surface area (Å²) >= 11 is 0. The average Bonchev–Trinajstić information content (AvgIpc) is 2.88. The largest absolute Gasteiger partial charge is 0.444 e. The van der Waals surface area contributed by atoms with Crippen LogP contribution in [0, 0.1) is 19.8 Å². The minimum absolute atomic E-state index is 0.0152. The number of halogens is 3. The minimum atomic E-state index is -4.26. The van der Waals surface area contributed by atoms with Crippen molar-refractivity contribution in [2.45, 2.75) is 32.9 Å². The maximum absolute atomic E-state index is 12.9. The van der Waals surface area contributed by atoms with Crippen molar-refractivity contribution in [1.29, 1.82) is 0 Å². The Morgan fingerprint density at radius 3 is 2.81 bits per heavy atom. The van der Waals surface area contributed by atoms with E-state index in [1.165, 1.54) is 4.90 Å². The zero-order chi connectivity index (χ0) is 19.1. The van der Waals surface area contributed by atoms with Gasteiger partial charge in [0.2, 0.25) is 11.8 Å². The van der Waals surface area contributed by atoms with E-state index in [9.17, 15) is 22.8 Å². The molecule has 2 N–H and O–H groups in total.